The monoisotopic (exact) mass is 570 g/mol. The van der Waals surface area contributed by atoms with Crippen molar-refractivity contribution in [3.05, 3.63) is 77.9 Å². The summed E-state index contributed by atoms with van der Waals surface area (Å²) in [4.78, 5) is 2.38. The highest BCUT2D eigenvalue weighted by atomic mass is 15.4. The van der Waals surface area contributed by atoms with Gasteiger partial charge in [-0.1, -0.05) is 87.0 Å². The molecule has 42 heavy (non-hydrogen) atoms. The number of aromatic nitrogens is 9. The number of para-hydroxylation sites is 1. The summed E-state index contributed by atoms with van der Waals surface area (Å²) in [5, 5.41) is 27.2. The van der Waals surface area contributed by atoms with Crippen molar-refractivity contribution < 1.29 is 0 Å². The van der Waals surface area contributed by atoms with Gasteiger partial charge in [0.05, 0.1) is 11.4 Å². The van der Waals surface area contributed by atoms with Crippen molar-refractivity contribution in [2.75, 3.05) is 11.4 Å². The minimum Gasteiger partial charge on any atom is -0.367 e. The van der Waals surface area contributed by atoms with Crippen LogP contribution in [0.5, 0.6) is 0 Å². The second kappa shape index (κ2) is 16.8. The molecule has 5 aromatic rings. The number of fused-ring (bicyclic) bond motifs is 5. The normalized spacial score (nSPS) is 11.2. The van der Waals surface area contributed by atoms with Gasteiger partial charge in [0.25, 0.3) is 0 Å². The highest BCUT2D eigenvalue weighted by Gasteiger charge is 2.23. The molecule has 0 unspecified atom stereocenters. The number of rotatable bonds is 5. The van der Waals surface area contributed by atoms with Gasteiger partial charge in [-0.05, 0) is 45.2 Å². The Bertz CT molecular complexity index is 1390. The van der Waals surface area contributed by atoms with E-state index in [0.29, 0.717) is 0 Å². The zero-order valence-electron chi connectivity index (χ0n) is 26.2. The van der Waals surface area contributed by atoms with Gasteiger partial charge >= 0.3 is 0 Å². The first-order chi connectivity index (χ1) is 20.5. The van der Waals surface area contributed by atoms with Crippen molar-refractivity contribution in [1.82, 2.24) is 45.4 Å². The van der Waals surface area contributed by atoms with Crippen LogP contribution in [0.25, 0.3) is 22.5 Å². The van der Waals surface area contributed by atoms with E-state index in [9.17, 15) is 0 Å². The third-order valence-corrected chi connectivity index (χ3v) is 6.61. The van der Waals surface area contributed by atoms with Crippen molar-refractivity contribution in [2.24, 2.45) is 0 Å². The lowest BCUT2D eigenvalue weighted by Gasteiger charge is -2.28. The van der Waals surface area contributed by atoms with Gasteiger partial charge in [-0.3, -0.25) is 9.36 Å². The van der Waals surface area contributed by atoms with Crippen LogP contribution < -0.4 is 4.90 Å². The minimum absolute atomic E-state index is 0.885. The molecule has 0 bridgehead atoms. The van der Waals surface area contributed by atoms with Gasteiger partial charge in [0.2, 0.25) is 0 Å². The predicted octanol–water partition coefficient (Wildman–Crippen LogP) is 6.62. The molecule has 6 rings (SSSR count). The number of aryl methyl sites for hydroxylation is 4. The molecule has 0 spiro atoms. The van der Waals surface area contributed by atoms with Crippen LogP contribution in [-0.4, -0.2) is 51.9 Å². The lowest BCUT2D eigenvalue weighted by molar-refractivity contribution is 0.626. The van der Waals surface area contributed by atoms with E-state index in [0.717, 1.165) is 72.9 Å². The number of hydrogen-bond acceptors (Lipinski definition) is 7. The Morgan fingerprint density at radius 2 is 1.14 bits per heavy atom. The fraction of sp³-hybridized carbons (Fsp3) is 0.438. The Balaban J connectivity index is 0.000000191. The average molecular weight is 571 g/mol. The molecule has 0 fully saturated rings. The molecule has 224 valence electrons. The third-order valence-electron chi connectivity index (χ3n) is 6.61. The summed E-state index contributed by atoms with van der Waals surface area (Å²) < 4.78 is 3.66. The maximum atomic E-state index is 4.40. The lowest BCUT2D eigenvalue weighted by Crippen LogP contribution is -2.24. The van der Waals surface area contributed by atoms with Crippen molar-refractivity contribution >= 4 is 5.69 Å². The molecule has 4 heterocycles. The zero-order valence-corrected chi connectivity index (χ0v) is 26.2. The van der Waals surface area contributed by atoms with Crippen LogP contribution in [0.4, 0.5) is 5.69 Å². The first-order valence-corrected chi connectivity index (χ1v) is 15.1. The Morgan fingerprint density at radius 1 is 0.643 bits per heavy atom. The number of nitrogens with zero attached hydrogens (tertiary/aromatic N) is 9. The number of anilines is 1. The van der Waals surface area contributed by atoms with Gasteiger partial charge in [0, 0.05) is 55.4 Å². The average Bonchev–Trinajstić information content (AvgIpc) is 3.81. The number of benzene rings is 2. The Hall–Kier alpha value is -4.34. The Labute approximate surface area is 250 Å². The molecular weight excluding hydrogens is 524 g/mol. The van der Waals surface area contributed by atoms with Crippen LogP contribution in [0, 0.1) is 0 Å². The van der Waals surface area contributed by atoms with Gasteiger partial charge < -0.3 is 4.90 Å². The highest BCUT2D eigenvalue weighted by Crippen LogP contribution is 2.39. The molecule has 0 aliphatic carbocycles. The molecule has 0 radical (unpaired) electrons. The van der Waals surface area contributed by atoms with E-state index in [-0.39, 0.29) is 0 Å². The van der Waals surface area contributed by atoms with Gasteiger partial charge in [0.15, 0.2) is 0 Å². The summed E-state index contributed by atoms with van der Waals surface area (Å²) in [5.41, 5.74) is 8.79. The smallest absolute Gasteiger partial charge is 0.122 e. The molecule has 1 N–H and O–H groups in total. The summed E-state index contributed by atoms with van der Waals surface area (Å²) in [6, 6.07) is 16.8. The van der Waals surface area contributed by atoms with Crippen LogP contribution in [0.2, 0.25) is 0 Å². The molecular formula is C32H46N10. The van der Waals surface area contributed by atoms with Gasteiger partial charge in [-0.25, -0.2) is 0 Å². The van der Waals surface area contributed by atoms with E-state index in [2.05, 4.69) is 124 Å². The van der Waals surface area contributed by atoms with E-state index in [1.54, 1.807) is 0 Å². The van der Waals surface area contributed by atoms with Crippen LogP contribution in [0.15, 0.2) is 60.9 Å². The summed E-state index contributed by atoms with van der Waals surface area (Å²) in [5.74, 6) is 0. The number of H-pyrrole nitrogens is 1. The molecule has 0 saturated carbocycles. The molecule has 0 amide bonds. The van der Waals surface area contributed by atoms with E-state index in [1.165, 1.54) is 17.7 Å². The molecule has 2 aromatic carbocycles. The quantitative estimate of drug-likeness (QED) is 0.253. The van der Waals surface area contributed by atoms with E-state index < -0.39 is 0 Å². The minimum atomic E-state index is 0.885. The summed E-state index contributed by atoms with van der Waals surface area (Å²) in [6.45, 7) is 18.3. The fourth-order valence-electron chi connectivity index (χ4n) is 4.33. The lowest BCUT2D eigenvalue weighted by atomic mass is 9.96. The van der Waals surface area contributed by atoms with Crippen molar-refractivity contribution in [1.29, 1.82) is 0 Å². The van der Waals surface area contributed by atoms with Gasteiger partial charge in [-0.15, -0.1) is 10.2 Å². The fourth-order valence-corrected chi connectivity index (χ4v) is 4.33. The number of hydrogen-bond donors (Lipinski definition) is 1. The maximum Gasteiger partial charge on any atom is 0.122 e. The Kier molecular flexibility index (Phi) is 12.9. The molecule has 0 saturated heterocycles. The molecule has 1 aliphatic rings. The summed E-state index contributed by atoms with van der Waals surface area (Å²) >= 11 is 0. The van der Waals surface area contributed by atoms with Crippen LogP contribution in [0.3, 0.4) is 0 Å². The Morgan fingerprint density at radius 3 is 1.62 bits per heavy atom. The van der Waals surface area contributed by atoms with Crippen LogP contribution in [-0.2, 0) is 32.5 Å². The topological polar surface area (TPSA) is 106 Å². The molecule has 0 atom stereocenters. The SMILES string of the molecule is CCC.CCN1Cc2ccccc2-c2n[nH]nc2-c2ccccc21.CCc1cn(CC)nn1.CCc1cn(CC)nn1. The first kappa shape index (κ1) is 32.2. The summed E-state index contributed by atoms with van der Waals surface area (Å²) in [7, 11) is 0. The zero-order chi connectivity index (χ0) is 30.3. The molecule has 1 aliphatic heterocycles. The first-order valence-electron chi connectivity index (χ1n) is 15.1. The van der Waals surface area contributed by atoms with Gasteiger partial charge in [-0.2, -0.15) is 15.4 Å². The molecule has 10 heteroatoms. The number of aromatic amines is 1. The van der Waals surface area contributed by atoms with E-state index in [1.807, 2.05) is 35.6 Å². The standard InChI is InChI=1S/C17H16N4.2C6H11N3.C3H8/c1-2-21-11-12-7-3-4-8-13(12)16-17(19-20-18-16)14-9-5-6-10-15(14)21;2*1-3-6-5-9(4-2)8-7-6;1-3-2/h3-10H,2,11H2,1H3,(H,18,19,20);2*5H,3-4H2,1-2H3;3H2,1-2H3. The third kappa shape index (κ3) is 8.34. The van der Waals surface area contributed by atoms with Crippen molar-refractivity contribution in [3.8, 4) is 22.5 Å². The van der Waals surface area contributed by atoms with Crippen molar-refractivity contribution in [2.45, 2.75) is 87.4 Å². The van der Waals surface area contributed by atoms with Crippen LogP contribution in [0.1, 0.15) is 71.8 Å². The number of nitrogens with one attached hydrogen (secondary N) is 1. The second-order valence-corrected chi connectivity index (χ2v) is 9.75. The molecule has 3 aromatic heterocycles. The van der Waals surface area contributed by atoms with Crippen LogP contribution >= 0.6 is 0 Å². The second-order valence-electron chi connectivity index (χ2n) is 9.75. The highest BCUT2D eigenvalue weighted by molar-refractivity contribution is 5.87. The predicted molar refractivity (Wildman–Crippen MR) is 170 cm³/mol. The van der Waals surface area contributed by atoms with E-state index >= 15 is 0 Å². The van der Waals surface area contributed by atoms with Crippen molar-refractivity contribution in [3.63, 3.8) is 0 Å². The maximum absolute atomic E-state index is 4.40. The summed E-state index contributed by atoms with van der Waals surface area (Å²) in [6.07, 6.45) is 7.14. The van der Waals surface area contributed by atoms with E-state index in [4.69, 9.17) is 0 Å². The van der Waals surface area contributed by atoms with Gasteiger partial charge in [0.1, 0.15) is 11.4 Å². The largest absolute Gasteiger partial charge is 0.367 e. The molecule has 10 nitrogen and oxygen atoms in total.